The van der Waals surface area contributed by atoms with Crippen LogP contribution in [0.2, 0.25) is 5.02 Å². The number of anilines is 1. The van der Waals surface area contributed by atoms with Crippen molar-refractivity contribution in [1.29, 1.82) is 0 Å². The molecule has 0 bridgehead atoms. The number of allylic oxidation sites excluding steroid dienone is 2. The molecule has 2 amide bonds. The summed E-state index contributed by atoms with van der Waals surface area (Å²) in [5, 5.41) is 9.46. The van der Waals surface area contributed by atoms with Gasteiger partial charge in [-0.05, 0) is 32.0 Å². The molecule has 0 spiro atoms. The number of urea groups is 1. The van der Waals surface area contributed by atoms with Gasteiger partial charge in [0.1, 0.15) is 5.75 Å². The van der Waals surface area contributed by atoms with Crippen LogP contribution in [-0.2, 0) is 0 Å². The van der Waals surface area contributed by atoms with Gasteiger partial charge in [0, 0.05) is 17.3 Å². The van der Waals surface area contributed by atoms with Crippen molar-refractivity contribution >= 4 is 34.9 Å². The van der Waals surface area contributed by atoms with Crippen molar-refractivity contribution in [3.8, 4) is 17.0 Å². The summed E-state index contributed by atoms with van der Waals surface area (Å²) in [7, 11) is 1.49. The van der Waals surface area contributed by atoms with Crippen molar-refractivity contribution < 1.29 is 22.7 Å². The fourth-order valence-electron chi connectivity index (χ4n) is 3.30. The highest BCUT2D eigenvalue weighted by Crippen LogP contribution is 2.42. The van der Waals surface area contributed by atoms with Crippen molar-refractivity contribution in [3.63, 3.8) is 0 Å². The Morgan fingerprint density at radius 2 is 2.03 bits per heavy atom. The zero-order chi connectivity index (χ0) is 23.7. The van der Waals surface area contributed by atoms with E-state index >= 15 is 0 Å². The minimum atomic E-state index is -4.77. The smallest absolute Gasteiger partial charge is 0.413 e. The molecule has 172 valence electrons. The van der Waals surface area contributed by atoms with Crippen LogP contribution in [0.1, 0.15) is 19.9 Å². The zero-order valence-electron chi connectivity index (χ0n) is 17.4. The van der Waals surface area contributed by atoms with E-state index in [9.17, 15) is 18.0 Å². The van der Waals surface area contributed by atoms with Crippen molar-refractivity contribution in [2.45, 2.75) is 37.0 Å². The Bertz CT molecular complexity index is 1070. The fourth-order valence-corrected chi connectivity index (χ4v) is 3.73. The third-order valence-corrected chi connectivity index (χ3v) is 5.73. The number of benzene rings is 1. The van der Waals surface area contributed by atoms with E-state index in [0.717, 1.165) is 6.08 Å². The molecule has 2 atom stereocenters. The minimum Gasteiger partial charge on any atom is -0.496 e. The zero-order valence-corrected chi connectivity index (χ0v) is 18.9. The molecule has 11 heteroatoms. The van der Waals surface area contributed by atoms with Gasteiger partial charge in [0.05, 0.1) is 30.1 Å². The summed E-state index contributed by atoms with van der Waals surface area (Å²) in [4.78, 5) is 9.76. The van der Waals surface area contributed by atoms with Crippen molar-refractivity contribution in [3.05, 3.63) is 53.7 Å². The second kappa shape index (κ2) is 9.07. The van der Waals surface area contributed by atoms with Crippen LogP contribution in [0.3, 0.4) is 0 Å². The van der Waals surface area contributed by atoms with E-state index in [0.29, 0.717) is 27.7 Å². The quantitative estimate of drug-likeness (QED) is 0.511. The number of halogens is 5. The third-order valence-electron chi connectivity index (χ3n) is 4.88. The first-order valence-electron chi connectivity index (χ1n) is 9.58. The molecule has 2 aromatic rings. The summed E-state index contributed by atoms with van der Waals surface area (Å²) in [5.74, 6) is 0.484. The summed E-state index contributed by atoms with van der Waals surface area (Å²) in [5.41, 5.74) is 1.46. The van der Waals surface area contributed by atoms with Crippen molar-refractivity contribution in [1.82, 2.24) is 15.1 Å². The van der Waals surface area contributed by atoms with Gasteiger partial charge < -0.3 is 15.4 Å². The van der Waals surface area contributed by atoms with Crippen molar-refractivity contribution in [2.75, 3.05) is 12.4 Å². The topological polar surface area (TPSA) is 68.2 Å². The first-order valence-corrected chi connectivity index (χ1v) is 10.3. The second-order valence-electron chi connectivity index (χ2n) is 7.38. The lowest BCUT2D eigenvalue weighted by atomic mass is 9.93. The normalized spacial score (nSPS) is 20.5. The number of hydrogen-bond donors (Lipinski definition) is 2. The molecule has 0 saturated heterocycles. The number of nitrogens with zero attached hydrogens (tertiary/aromatic N) is 2. The number of carbonyl (C=O) groups is 1. The number of carbonyl (C=O) groups excluding carboxylic acids is 1. The standard InChI is InChI=1S/C21H21Cl2F3N4O2/c1-12(2)30-18(15(22)11-27-30)14-10-13(7-8-16(14)32-3)28-19(31)29-17-6-4-5-9-20(17,23)21(24,25)26/h4-12,17H,1-3H3,(H2,28,29,31). The monoisotopic (exact) mass is 488 g/mol. The van der Waals surface area contributed by atoms with Gasteiger partial charge in [-0.1, -0.05) is 35.9 Å². The number of ether oxygens (including phenoxy) is 1. The van der Waals surface area contributed by atoms with Crippen LogP contribution < -0.4 is 15.4 Å². The summed E-state index contributed by atoms with van der Waals surface area (Å²) >= 11 is 12.2. The van der Waals surface area contributed by atoms with E-state index < -0.39 is 23.1 Å². The number of amides is 2. The van der Waals surface area contributed by atoms with Crippen LogP contribution in [0.25, 0.3) is 11.3 Å². The Labute approximate surface area is 193 Å². The average molecular weight is 489 g/mol. The Hall–Kier alpha value is -2.65. The molecule has 1 aliphatic rings. The summed E-state index contributed by atoms with van der Waals surface area (Å²) in [6, 6.07) is 2.42. The molecule has 0 aliphatic heterocycles. The summed E-state index contributed by atoms with van der Waals surface area (Å²) in [6.45, 7) is 3.86. The van der Waals surface area contributed by atoms with E-state index in [1.807, 2.05) is 13.8 Å². The Morgan fingerprint density at radius 3 is 2.66 bits per heavy atom. The molecule has 0 saturated carbocycles. The SMILES string of the molecule is COc1ccc(NC(=O)NC2C=CC=CC2(Cl)C(F)(F)F)cc1-c1c(Cl)cnn1C(C)C. The predicted octanol–water partition coefficient (Wildman–Crippen LogP) is 5.95. The highest BCUT2D eigenvalue weighted by Gasteiger charge is 2.57. The molecule has 1 aromatic heterocycles. The maximum absolute atomic E-state index is 13.5. The largest absolute Gasteiger partial charge is 0.496 e. The molecular weight excluding hydrogens is 468 g/mol. The highest BCUT2D eigenvalue weighted by molar-refractivity contribution is 6.33. The first kappa shape index (κ1) is 24.0. The van der Waals surface area contributed by atoms with E-state index in [2.05, 4.69) is 15.7 Å². The Balaban J connectivity index is 1.87. The lowest BCUT2D eigenvalue weighted by molar-refractivity contribution is -0.153. The maximum Gasteiger partial charge on any atom is 0.413 e. The van der Waals surface area contributed by atoms with Gasteiger partial charge in [0.15, 0.2) is 4.87 Å². The molecule has 1 heterocycles. The molecule has 32 heavy (non-hydrogen) atoms. The number of alkyl halides is 4. The molecule has 2 N–H and O–H groups in total. The van der Waals surface area contributed by atoms with Gasteiger partial charge in [-0.25, -0.2) is 4.79 Å². The predicted molar refractivity (Wildman–Crippen MR) is 118 cm³/mol. The van der Waals surface area contributed by atoms with Gasteiger partial charge in [-0.2, -0.15) is 18.3 Å². The lowest BCUT2D eigenvalue weighted by Gasteiger charge is -2.34. The molecular formula is C21H21Cl2F3N4O2. The van der Waals surface area contributed by atoms with Crippen LogP contribution >= 0.6 is 23.2 Å². The second-order valence-corrected chi connectivity index (χ2v) is 8.41. The van der Waals surface area contributed by atoms with Crippen LogP contribution in [0.4, 0.5) is 23.7 Å². The van der Waals surface area contributed by atoms with Gasteiger partial charge in [0.2, 0.25) is 0 Å². The maximum atomic E-state index is 13.5. The van der Waals surface area contributed by atoms with Gasteiger partial charge in [0.25, 0.3) is 0 Å². The number of methoxy groups -OCH3 is 1. The first-order chi connectivity index (χ1) is 15.0. The van der Waals surface area contributed by atoms with Crippen LogP contribution in [0.15, 0.2) is 48.7 Å². The number of nitrogens with one attached hydrogen (secondary N) is 2. The molecule has 6 nitrogen and oxygen atoms in total. The minimum absolute atomic E-state index is 0.00697. The Kier molecular flexibility index (Phi) is 6.80. The average Bonchev–Trinajstić information content (AvgIpc) is 3.10. The molecule has 2 unspecified atom stereocenters. The van der Waals surface area contributed by atoms with Crippen molar-refractivity contribution in [2.24, 2.45) is 0 Å². The molecule has 1 aromatic carbocycles. The van der Waals surface area contributed by atoms with Crippen LogP contribution in [0, 0.1) is 0 Å². The van der Waals surface area contributed by atoms with Crippen LogP contribution in [0.5, 0.6) is 5.75 Å². The third kappa shape index (κ3) is 4.59. The van der Waals surface area contributed by atoms with E-state index in [4.69, 9.17) is 27.9 Å². The number of aromatic nitrogens is 2. The Morgan fingerprint density at radius 1 is 1.31 bits per heavy atom. The summed E-state index contributed by atoms with van der Waals surface area (Å²) < 4.78 is 47.5. The van der Waals surface area contributed by atoms with Gasteiger partial charge >= 0.3 is 12.2 Å². The van der Waals surface area contributed by atoms with E-state index in [1.165, 1.54) is 31.5 Å². The highest BCUT2D eigenvalue weighted by atomic mass is 35.5. The molecule has 3 rings (SSSR count). The van der Waals surface area contributed by atoms with E-state index in [1.54, 1.807) is 22.9 Å². The van der Waals surface area contributed by atoms with Crippen LogP contribution in [-0.4, -0.2) is 40.0 Å². The lowest BCUT2D eigenvalue weighted by Crippen LogP contribution is -2.56. The van der Waals surface area contributed by atoms with Gasteiger partial charge in [-0.3, -0.25) is 4.68 Å². The summed E-state index contributed by atoms with van der Waals surface area (Å²) in [6.07, 6.45) is 1.29. The molecule has 0 radical (unpaired) electrons. The van der Waals surface area contributed by atoms with Gasteiger partial charge in [-0.15, -0.1) is 11.6 Å². The molecule has 1 aliphatic carbocycles. The van der Waals surface area contributed by atoms with E-state index in [-0.39, 0.29) is 6.04 Å². The number of rotatable bonds is 5. The number of hydrogen-bond acceptors (Lipinski definition) is 3. The molecule has 0 fully saturated rings. The fraction of sp³-hybridized carbons (Fsp3) is 0.333.